The molecule has 2 N–H and O–H groups in total. The summed E-state index contributed by atoms with van der Waals surface area (Å²) in [6.07, 6.45) is 1.65. The summed E-state index contributed by atoms with van der Waals surface area (Å²) in [6, 6.07) is 11.3. The molecule has 2 heterocycles. The van der Waals surface area contributed by atoms with Crippen molar-refractivity contribution in [3.8, 4) is 11.6 Å². The van der Waals surface area contributed by atoms with Gasteiger partial charge in [0, 0.05) is 27.5 Å². The summed E-state index contributed by atoms with van der Waals surface area (Å²) >= 11 is 3.43. The quantitative estimate of drug-likeness (QED) is 0.368. The largest absolute Gasteiger partial charge is 0.496 e. The second-order valence-electron chi connectivity index (χ2n) is 5.95. The highest BCUT2D eigenvalue weighted by Gasteiger charge is 2.07. The van der Waals surface area contributed by atoms with Gasteiger partial charge in [-0.15, -0.1) is 0 Å². The Hall–Kier alpha value is -2.87. The molecule has 0 saturated carbocycles. The van der Waals surface area contributed by atoms with Gasteiger partial charge in [0.25, 0.3) is 0 Å². The molecule has 1 aromatic carbocycles. The SMILES string of the molecule is COc1ccc(Br)cc1CO/N=C(/N)c1ccc(-n2nc(C)cc2C)nc1. The number of oxime groups is 1. The Kier molecular flexibility index (Phi) is 5.75. The molecule has 0 atom stereocenters. The third-order valence-electron chi connectivity index (χ3n) is 3.90. The van der Waals surface area contributed by atoms with Crippen LogP contribution in [0, 0.1) is 13.8 Å². The summed E-state index contributed by atoms with van der Waals surface area (Å²) in [7, 11) is 1.61. The second-order valence-corrected chi connectivity index (χ2v) is 6.87. The fourth-order valence-corrected chi connectivity index (χ4v) is 3.02. The number of hydrogen-bond acceptors (Lipinski definition) is 5. The van der Waals surface area contributed by atoms with E-state index in [1.165, 1.54) is 0 Å². The Bertz CT molecular complexity index is 967. The van der Waals surface area contributed by atoms with Gasteiger partial charge in [-0.25, -0.2) is 9.67 Å². The summed E-state index contributed by atoms with van der Waals surface area (Å²) in [5.74, 6) is 1.69. The topological polar surface area (TPSA) is 87.5 Å². The first kappa shape index (κ1) is 18.9. The molecule has 7 nitrogen and oxygen atoms in total. The molecule has 0 aliphatic carbocycles. The van der Waals surface area contributed by atoms with Crippen LogP contribution >= 0.6 is 15.9 Å². The van der Waals surface area contributed by atoms with Crippen molar-refractivity contribution in [2.45, 2.75) is 20.5 Å². The maximum atomic E-state index is 6.00. The minimum Gasteiger partial charge on any atom is -0.496 e. The molecule has 0 bridgehead atoms. The lowest BCUT2D eigenvalue weighted by Gasteiger charge is -2.08. The number of rotatable bonds is 6. The molecule has 2 aromatic heterocycles. The first-order chi connectivity index (χ1) is 13.0. The first-order valence-electron chi connectivity index (χ1n) is 8.26. The molecule has 0 amide bonds. The molecule has 0 radical (unpaired) electrons. The Morgan fingerprint density at radius 2 is 2.04 bits per heavy atom. The average molecular weight is 430 g/mol. The van der Waals surface area contributed by atoms with Crippen molar-refractivity contribution >= 4 is 21.8 Å². The van der Waals surface area contributed by atoms with Crippen LogP contribution in [0.25, 0.3) is 5.82 Å². The number of ether oxygens (including phenoxy) is 1. The van der Waals surface area contributed by atoms with Crippen LogP contribution < -0.4 is 10.5 Å². The maximum Gasteiger partial charge on any atom is 0.171 e. The minimum atomic E-state index is 0.237. The predicted molar refractivity (Wildman–Crippen MR) is 107 cm³/mol. The standard InChI is InChI=1S/C19H20BrN5O2/c1-12-8-13(2)25(23-12)18-7-4-14(10-22-18)19(21)24-27-11-15-9-16(20)5-6-17(15)26-3/h4-10H,11H2,1-3H3,(H2,21,24). The highest BCUT2D eigenvalue weighted by atomic mass is 79.9. The smallest absolute Gasteiger partial charge is 0.171 e. The van der Waals surface area contributed by atoms with E-state index in [1.54, 1.807) is 18.0 Å². The van der Waals surface area contributed by atoms with Crippen LogP contribution in [0.1, 0.15) is 22.5 Å². The van der Waals surface area contributed by atoms with Crippen molar-refractivity contribution in [1.82, 2.24) is 14.8 Å². The molecule has 0 unspecified atom stereocenters. The number of nitrogens with zero attached hydrogens (tertiary/aromatic N) is 4. The van der Waals surface area contributed by atoms with Crippen molar-refractivity contribution in [2.24, 2.45) is 10.9 Å². The Labute approximate surface area is 165 Å². The zero-order chi connectivity index (χ0) is 19.4. The zero-order valence-electron chi connectivity index (χ0n) is 15.3. The predicted octanol–water partition coefficient (Wildman–Crippen LogP) is 3.49. The van der Waals surface area contributed by atoms with Gasteiger partial charge in [-0.05, 0) is 50.2 Å². The summed E-state index contributed by atoms with van der Waals surface area (Å²) in [5, 5.41) is 8.39. The fourth-order valence-electron chi connectivity index (χ4n) is 2.61. The van der Waals surface area contributed by atoms with E-state index in [9.17, 15) is 0 Å². The first-order valence-corrected chi connectivity index (χ1v) is 9.05. The lowest BCUT2D eigenvalue weighted by atomic mass is 10.2. The molecule has 140 valence electrons. The zero-order valence-corrected chi connectivity index (χ0v) is 16.9. The van der Waals surface area contributed by atoms with Crippen LogP contribution in [0.2, 0.25) is 0 Å². The number of pyridine rings is 1. The van der Waals surface area contributed by atoms with Gasteiger partial charge in [-0.1, -0.05) is 21.1 Å². The lowest BCUT2D eigenvalue weighted by molar-refractivity contribution is 0.128. The van der Waals surface area contributed by atoms with Crippen LogP contribution in [0.4, 0.5) is 0 Å². The van der Waals surface area contributed by atoms with Crippen LogP contribution in [-0.4, -0.2) is 27.7 Å². The summed E-state index contributed by atoms with van der Waals surface area (Å²) < 4.78 is 8.02. The van der Waals surface area contributed by atoms with Gasteiger partial charge in [0.05, 0.1) is 12.8 Å². The minimum absolute atomic E-state index is 0.237. The highest BCUT2D eigenvalue weighted by Crippen LogP contribution is 2.23. The number of hydrogen-bond donors (Lipinski definition) is 1. The van der Waals surface area contributed by atoms with Crippen LogP contribution in [0.5, 0.6) is 5.75 Å². The second kappa shape index (κ2) is 8.22. The van der Waals surface area contributed by atoms with E-state index >= 15 is 0 Å². The van der Waals surface area contributed by atoms with Crippen LogP contribution in [-0.2, 0) is 11.4 Å². The average Bonchev–Trinajstić information content (AvgIpc) is 3.00. The fraction of sp³-hybridized carbons (Fsp3) is 0.211. The number of benzene rings is 1. The molecule has 0 aliphatic heterocycles. The molecular formula is C19H20BrN5O2. The van der Waals surface area contributed by atoms with Crippen molar-refractivity contribution in [3.05, 3.63) is 69.6 Å². The Morgan fingerprint density at radius 1 is 1.22 bits per heavy atom. The van der Waals surface area contributed by atoms with Crippen molar-refractivity contribution < 1.29 is 9.57 Å². The van der Waals surface area contributed by atoms with Crippen LogP contribution in [0.15, 0.2) is 52.2 Å². The van der Waals surface area contributed by atoms with Crippen molar-refractivity contribution in [2.75, 3.05) is 7.11 Å². The van der Waals surface area contributed by atoms with Gasteiger partial charge in [-0.2, -0.15) is 5.10 Å². The van der Waals surface area contributed by atoms with Crippen molar-refractivity contribution in [3.63, 3.8) is 0 Å². The normalized spacial score (nSPS) is 11.5. The van der Waals surface area contributed by atoms with E-state index in [1.807, 2.05) is 50.2 Å². The number of aromatic nitrogens is 3. The number of amidine groups is 1. The van der Waals surface area contributed by atoms with Gasteiger partial charge in [0.15, 0.2) is 11.7 Å². The van der Waals surface area contributed by atoms with Gasteiger partial charge in [0.1, 0.15) is 12.4 Å². The van der Waals surface area contributed by atoms with E-state index < -0.39 is 0 Å². The number of halogens is 1. The third-order valence-corrected chi connectivity index (χ3v) is 4.39. The Balaban J connectivity index is 1.70. The van der Waals surface area contributed by atoms with Gasteiger partial charge >= 0.3 is 0 Å². The number of aryl methyl sites for hydroxylation is 2. The number of methoxy groups -OCH3 is 1. The lowest BCUT2D eigenvalue weighted by Crippen LogP contribution is -2.15. The van der Waals surface area contributed by atoms with E-state index in [2.05, 4.69) is 31.2 Å². The summed E-state index contributed by atoms with van der Waals surface area (Å²) in [6.45, 7) is 4.16. The van der Waals surface area contributed by atoms with Crippen LogP contribution in [0.3, 0.4) is 0 Å². The van der Waals surface area contributed by atoms with Gasteiger partial charge in [0.2, 0.25) is 0 Å². The molecule has 3 rings (SSSR count). The highest BCUT2D eigenvalue weighted by molar-refractivity contribution is 9.10. The van der Waals surface area contributed by atoms with Crippen molar-refractivity contribution in [1.29, 1.82) is 0 Å². The molecule has 0 saturated heterocycles. The molecule has 0 spiro atoms. The molecule has 27 heavy (non-hydrogen) atoms. The molecule has 0 aliphatic rings. The molecule has 0 fully saturated rings. The third kappa shape index (κ3) is 4.46. The van der Waals surface area contributed by atoms with Gasteiger partial charge in [-0.3, -0.25) is 0 Å². The Morgan fingerprint density at radius 3 is 2.67 bits per heavy atom. The molecule has 8 heteroatoms. The van der Waals surface area contributed by atoms with E-state index in [0.717, 1.165) is 33.0 Å². The molecule has 3 aromatic rings. The maximum absolute atomic E-state index is 6.00. The van der Waals surface area contributed by atoms with E-state index in [-0.39, 0.29) is 12.4 Å². The van der Waals surface area contributed by atoms with Gasteiger partial charge < -0.3 is 15.3 Å². The summed E-state index contributed by atoms with van der Waals surface area (Å²) in [4.78, 5) is 9.79. The monoisotopic (exact) mass is 429 g/mol. The van der Waals surface area contributed by atoms with E-state index in [0.29, 0.717) is 5.56 Å². The molecular weight excluding hydrogens is 410 g/mol. The number of nitrogens with two attached hydrogens (primary N) is 1. The summed E-state index contributed by atoms with van der Waals surface area (Å²) in [5.41, 5.74) is 9.49. The van der Waals surface area contributed by atoms with E-state index in [4.69, 9.17) is 15.3 Å².